The van der Waals surface area contributed by atoms with Crippen LogP contribution >= 0.6 is 35.6 Å². The van der Waals surface area contributed by atoms with Crippen LogP contribution in [-0.4, -0.2) is 23.3 Å². The van der Waals surface area contributed by atoms with Crippen molar-refractivity contribution in [2.45, 2.75) is 0 Å². The van der Waals surface area contributed by atoms with Crippen molar-refractivity contribution in [3.05, 3.63) is 69.6 Å². The first kappa shape index (κ1) is 17.7. The molecular weight excluding hydrogens is 378 g/mol. The summed E-state index contributed by atoms with van der Waals surface area (Å²) in [5.74, 6) is -0.588. The Kier molecular flexibility index (Phi) is 5.22. The van der Waals surface area contributed by atoms with Gasteiger partial charge in [-0.1, -0.05) is 47.7 Å². The molecule has 1 fully saturated rings. The highest BCUT2D eigenvalue weighted by Crippen LogP contribution is 2.36. The summed E-state index contributed by atoms with van der Waals surface area (Å²) in [7, 11) is 1.33. The first-order valence-electron chi connectivity index (χ1n) is 7.21. The predicted octanol–water partition coefficient (Wildman–Crippen LogP) is 4.53. The molecule has 1 saturated heterocycles. The summed E-state index contributed by atoms with van der Waals surface area (Å²) in [6, 6.07) is 13.7. The second-order valence-corrected chi connectivity index (χ2v) is 7.22. The highest BCUT2D eigenvalue weighted by Gasteiger charge is 2.33. The molecule has 1 amide bonds. The number of thioether (sulfide) groups is 1. The number of hydrogen-bond donors (Lipinski definition) is 0. The molecule has 0 aromatic heterocycles. The van der Waals surface area contributed by atoms with E-state index in [0.717, 1.165) is 5.56 Å². The van der Waals surface area contributed by atoms with Gasteiger partial charge in [-0.25, -0.2) is 4.79 Å². The first-order valence-corrected chi connectivity index (χ1v) is 8.82. The molecule has 25 heavy (non-hydrogen) atoms. The summed E-state index contributed by atoms with van der Waals surface area (Å²) in [5, 5.41) is 0.593. The van der Waals surface area contributed by atoms with E-state index in [4.69, 9.17) is 23.8 Å². The molecule has 2 aromatic rings. The Morgan fingerprint density at radius 3 is 2.40 bits per heavy atom. The smallest absolute Gasteiger partial charge is 0.337 e. The van der Waals surface area contributed by atoms with Crippen LogP contribution in [0.5, 0.6) is 0 Å². The minimum Gasteiger partial charge on any atom is -0.465 e. The van der Waals surface area contributed by atoms with Gasteiger partial charge < -0.3 is 4.74 Å². The number of hydrogen-bond acceptors (Lipinski definition) is 5. The molecular formula is C18H12ClNO3S2. The Labute approximate surface area is 159 Å². The van der Waals surface area contributed by atoms with E-state index >= 15 is 0 Å². The van der Waals surface area contributed by atoms with E-state index < -0.39 is 5.97 Å². The number of ether oxygens (including phenoxy) is 1. The van der Waals surface area contributed by atoms with Crippen LogP contribution < -0.4 is 4.90 Å². The maximum Gasteiger partial charge on any atom is 0.337 e. The summed E-state index contributed by atoms with van der Waals surface area (Å²) in [4.78, 5) is 26.1. The molecule has 0 unspecified atom stereocenters. The fourth-order valence-electron chi connectivity index (χ4n) is 2.27. The monoisotopic (exact) mass is 389 g/mol. The van der Waals surface area contributed by atoms with Crippen molar-refractivity contribution < 1.29 is 14.3 Å². The van der Waals surface area contributed by atoms with Crippen molar-refractivity contribution in [3.63, 3.8) is 0 Å². The number of carbonyl (C=O) groups excluding carboxylic acids is 2. The van der Waals surface area contributed by atoms with Crippen molar-refractivity contribution in [2.75, 3.05) is 12.0 Å². The van der Waals surface area contributed by atoms with Gasteiger partial charge in [-0.3, -0.25) is 9.69 Å². The number of amides is 1. The van der Waals surface area contributed by atoms with Gasteiger partial charge in [-0.05, 0) is 48.0 Å². The molecule has 4 nitrogen and oxygen atoms in total. The van der Waals surface area contributed by atoms with Crippen LogP contribution in [0.25, 0.3) is 6.08 Å². The van der Waals surface area contributed by atoms with Crippen LogP contribution in [0.3, 0.4) is 0 Å². The lowest BCUT2D eigenvalue weighted by Crippen LogP contribution is -2.27. The zero-order chi connectivity index (χ0) is 18.0. The number of thiocarbonyl (C=S) groups is 1. The molecule has 2 aromatic carbocycles. The molecule has 0 spiro atoms. The van der Waals surface area contributed by atoms with Gasteiger partial charge in [0.05, 0.1) is 23.3 Å². The quantitative estimate of drug-likeness (QED) is 0.438. The number of rotatable bonds is 3. The first-order chi connectivity index (χ1) is 12.0. The van der Waals surface area contributed by atoms with Crippen molar-refractivity contribution in [1.29, 1.82) is 0 Å². The van der Waals surface area contributed by atoms with Gasteiger partial charge in [-0.2, -0.15) is 0 Å². The molecule has 126 valence electrons. The SMILES string of the molecule is COC(=O)c1ccc(/C=C2/SC(=S)N(c3ccc(Cl)cc3)C2=O)cc1. The lowest BCUT2D eigenvalue weighted by Gasteiger charge is -2.14. The van der Waals surface area contributed by atoms with Gasteiger partial charge in [0, 0.05) is 5.02 Å². The summed E-state index contributed by atoms with van der Waals surface area (Å²) in [5.41, 5.74) is 1.92. The summed E-state index contributed by atoms with van der Waals surface area (Å²) in [6.07, 6.45) is 1.75. The number of benzene rings is 2. The molecule has 0 aliphatic carbocycles. The molecule has 0 radical (unpaired) electrons. The molecule has 1 aliphatic rings. The van der Waals surface area contributed by atoms with Crippen molar-refractivity contribution in [2.24, 2.45) is 0 Å². The maximum atomic E-state index is 12.7. The number of carbonyl (C=O) groups is 2. The second kappa shape index (κ2) is 7.39. The Morgan fingerprint density at radius 1 is 1.16 bits per heavy atom. The summed E-state index contributed by atoms with van der Waals surface area (Å²) < 4.78 is 5.13. The lowest BCUT2D eigenvalue weighted by molar-refractivity contribution is -0.113. The van der Waals surface area contributed by atoms with Gasteiger partial charge >= 0.3 is 5.97 Å². The number of anilines is 1. The molecule has 1 aliphatic heterocycles. The Hall–Kier alpha value is -2.15. The minimum atomic E-state index is -0.402. The van der Waals surface area contributed by atoms with Crippen molar-refractivity contribution in [3.8, 4) is 0 Å². The van der Waals surface area contributed by atoms with Crippen molar-refractivity contribution in [1.82, 2.24) is 0 Å². The predicted molar refractivity (Wildman–Crippen MR) is 105 cm³/mol. The highest BCUT2D eigenvalue weighted by atomic mass is 35.5. The van der Waals surface area contributed by atoms with Gasteiger partial charge in [0.2, 0.25) is 0 Å². The molecule has 1 heterocycles. The number of nitrogens with zero attached hydrogens (tertiary/aromatic N) is 1. The van der Waals surface area contributed by atoms with E-state index in [9.17, 15) is 9.59 Å². The Morgan fingerprint density at radius 2 is 1.80 bits per heavy atom. The van der Waals surface area contributed by atoms with Gasteiger partial charge in [0.15, 0.2) is 4.32 Å². The van der Waals surface area contributed by atoms with E-state index in [-0.39, 0.29) is 5.91 Å². The van der Waals surface area contributed by atoms with Crippen LogP contribution in [0.2, 0.25) is 5.02 Å². The van der Waals surface area contributed by atoms with Crippen LogP contribution in [0, 0.1) is 0 Å². The van der Waals surface area contributed by atoms with Gasteiger partial charge in [0.25, 0.3) is 5.91 Å². The molecule has 0 bridgehead atoms. The van der Waals surface area contributed by atoms with E-state index in [2.05, 4.69) is 4.74 Å². The molecule has 0 atom stereocenters. The molecule has 3 rings (SSSR count). The zero-order valence-electron chi connectivity index (χ0n) is 13.1. The number of halogens is 1. The van der Waals surface area contributed by atoms with Crippen LogP contribution in [0.1, 0.15) is 15.9 Å². The standard InChI is InChI=1S/C18H12ClNO3S2/c1-23-17(22)12-4-2-11(3-5-12)10-15-16(21)20(18(24)25-15)14-8-6-13(19)7-9-14/h2-10H,1H3/b15-10+. The average molecular weight is 390 g/mol. The second-order valence-electron chi connectivity index (χ2n) is 5.11. The third-order valence-electron chi connectivity index (χ3n) is 3.51. The largest absolute Gasteiger partial charge is 0.465 e. The van der Waals surface area contributed by atoms with E-state index in [0.29, 0.717) is 25.5 Å². The highest BCUT2D eigenvalue weighted by molar-refractivity contribution is 8.27. The third-order valence-corrected chi connectivity index (χ3v) is 5.06. The Bertz CT molecular complexity index is 876. The summed E-state index contributed by atoms with van der Waals surface area (Å²) in [6.45, 7) is 0. The van der Waals surface area contributed by atoms with Gasteiger partial charge in [0.1, 0.15) is 0 Å². The Balaban J connectivity index is 1.85. The maximum absolute atomic E-state index is 12.7. The van der Waals surface area contributed by atoms with Crippen LogP contribution in [0.15, 0.2) is 53.4 Å². The average Bonchev–Trinajstić information content (AvgIpc) is 2.89. The van der Waals surface area contributed by atoms with Crippen molar-refractivity contribution >= 4 is 63.5 Å². The van der Waals surface area contributed by atoms with E-state index in [1.54, 1.807) is 54.6 Å². The molecule has 7 heteroatoms. The number of methoxy groups -OCH3 is 1. The fourth-order valence-corrected chi connectivity index (χ4v) is 3.69. The summed E-state index contributed by atoms with van der Waals surface area (Å²) >= 11 is 12.5. The van der Waals surface area contributed by atoms with Crippen LogP contribution in [-0.2, 0) is 9.53 Å². The van der Waals surface area contributed by atoms with Crippen LogP contribution in [0.4, 0.5) is 5.69 Å². The minimum absolute atomic E-state index is 0.186. The van der Waals surface area contributed by atoms with E-state index in [1.807, 2.05) is 0 Å². The fraction of sp³-hybridized carbons (Fsp3) is 0.0556. The topological polar surface area (TPSA) is 46.6 Å². The third kappa shape index (κ3) is 3.76. The molecule has 0 N–H and O–H groups in total. The molecule has 0 saturated carbocycles. The lowest BCUT2D eigenvalue weighted by atomic mass is 10.1. The van der Waals surface area contributed by atoms with Gasteiger partial charge in [-0.15, -0.1) is 0 Å². The number of esters is 1. The zero-order valence-corrected chi connectivity index (χ0v) is 15.5. The van der Waals surface area contributed by atoms with E-state index in [1.165, 1.54) is 23.8 Å². The normalized spacial score (nSPS) is 15.8.